The van der Waals surface area contributed by atoms with Gasteiger partial charge in [-0.3, -0.25) is 4.79 Å². The van der Waals surface area contributed by atoms with Crippen molar-refractivity contribution in [2.24, 2.45) is 5.73 Å². The van der Waals surface area contributed by atoms with Crippen LogP contribution >= 0.6 is 0 Å². The van der Waals surface area contributed by atoms with E-state index in [1.54, 1.807) is 0 Å². The number of carboxylic acids is 2. The molecule has 1 aromatic rings. The van der Waals surface area contributed by atoms with Crippen molar-refractivity contribution < 1.29 is 24.9 Å². The van der Waals surface area contributed by atoms with E-state index in [1.165, 1.54) is 13.0 Å². The highest BCUT2D eigenvalue weighted by Crippen LogP contribution is 2.33. The number of hydrogen-bond acceptors (Lipinski definition) is 5. The number of phenols is 1. The zero-order valence-electron chi connectivity index (χ0n) is 9.67. The van der Waals surface area contributed by atoms with Gasteiger partial charge in [-0.05, 0) is 19.1 Å². The molecule has 0 saturated carbocycles. The summed E-state index contributed by atoms with van der Waals surface area (Å²) in [5.41, 5.74) is 9.71. The Balaban J connectivity index is 3.31. The number of carboxylic acid groups (broad SMARTS) is 2. The van der Waals surface area contributed by atoms with E-state index < -0.39 is 29.6 Å². The molecule has 0 saturated heterocycles. The van der Waals surface area contributed by atoms with Gasteiger partial charge in [-0.25, -0.2) is 4.79 Å². The van der Waals surface area contributed by atoms with Crippen molar-refractivity contribution in [3.05, 3.63) is 23.3 Å². The lowest BCUT2D eigenvalue weighted by molar-refractivity contribution is -0.138. The van der Waals surface area contributed by atoms with Gasteiger partial charge in [0.2, 0.25) is 0 Å². The van der Waals surface area contributed by atoms with E-state index in [1.807, 2.05) is 0 Å². The van der Waals surface area contributed by atoms with E-state index in [9.17, 15) is 14.7 Å². The monoisotopic (exact) mass is 254 g/mol. The highest BCUT2D eigenvalue weighted by atomic mass is 16.4. The van der Waals surface area contributed by atoms with E-state index in [2.05, 4.69) is 0 Å². The number of carbonyl (C=O) groups is 2. The Bertz CT molecular complexity index is 510. The fourth-order valence-corrected chi connectivity index (χ4v) is 1.66. The topological polar surface area (TPSA) is 147 Å². The van der Waals surface area contributed by atoms with Crippen LogP contribution < -0.4 is 11.5 Å². The molecule has 0 bridgehead atoms. The minimum absolute atomic E-state index is 0.0858. The van der Waals surface area contributed by atoms with Crippen molar-refractivity contribution in [3.63, 3.8) is 0 Å². The third-order valence-corrected chi connectivity index (χ3v) is 2.53. The van der Waals surface area contributed by atoms with Gasteiger partial charge < -0.3 is 26.8 Å². The molecule has 1 rings (SSSR count). The van der Waals surface area contributed by atoms with Crippen LogP contribution in [0.5, 0.6) is 5.75 Å². The second-order valence-corrected chi connectivity index (χ2v) is 4.25. The second-order valence-electron chi connectivity index (χ2n) is 4.25. The summed E-state index contributed by atoms with van der Waals surface area (Å²) in [7, 11) is 0. The molecule has 0 radical (unpaired) electrons. The Morgan fingerprint density at radius 2 is 1.89 bits per heavy atom. The normalized spacial score (nSPS) is 13.9. The predicted molar refractivity (Wildman–Crippen MR) is 63.3 cm³/mol. The van der Waals surface area contributed by atoms with Crippen molar-refractivity contribution in [1.29, 1.82) is 0 Å². The van der Waals surface area contributed by atoms with E-state index in [0.29, 0.717) is 0 Å². The molecule has 0 aromatic heterocycles. The maximum Gasteiger partial charge on any atom is 0.337 e. The summed E-state index contributed by atoms with van der Waals surface area (Å²) in [5.74, 6) is -2.82. The Hall–Kier alpha value is -2.28. The molecule has 7 nitrogen and oxygen atoms in total. The molecule has 0 unspecified atom stereocenters. The molecule has 7 N–H and O–H groups in total. The number of phenolic OH excluding ortho intramolecular Hbond substituents is 1. The molecular formula is C11H14N2O5. The van der Waals surface area contributed by atoms with Crippen molar-refractivity contribution in [2.45, 2.75) is 18.9 Å². The number of aliphatic carboxylic acids is 1. The molecule has 1 aromatic carbocycles. The van der Waals surface area contributed by atoms with Crippen LogP contribution in [0.2, 0.25) is 0 Å². The molecule has 7 heteroatoms. The standard InChI is InChI=1S/C11H14N2O5/c1-11(13,4-9(15)16)6-3-7(12)5(10(17)18)2-8(6)14/h2-3,14H,4,12-13H2,1H3,(H,15,16)(H,17,18)/t11-/m0/s1. The molecule has 0 spiro atoms. The van der Waals surface area contributed by atoms with E-state index in [-0.39, 0.29) is 16.8 Å². The fraction of sp³-hybridized carbons (Fsp3) is 0.273. The number of rotatable bonds is 4. The van der Waals surface area contributed by atoms with E-state index in [0.717, 1.165) is 6.07 Å². The molecule has 0 amide bonds. The summed E-state index contributed by atoms with van der Waals surface area (Å²) in [6.07, 6.45) is -0.424. The molecule has 1 atom stereocenters. The lowest BCUT2D eigenvalue weighted by Gasteiger charge is -2.24. The Morgan fingerprint density at radius 1 is 1.33 bits per heavy atom. The van der Waals surface area contributed by atoms with Gasteiger partial charge in [0.25, 0.3) is 0 Å². The van der Waals surface area contributed by atoms with Crippen LogP contribution in [0.15, 0.2) is 12.1 Å². The van der Waals surface area contributed by atoms with Gasteiger partial charge >= 0.3 is 11.9 Å². The van der Waals surface area contributed by atoms with Crippen LogP contribution in [0.3, 0.4) is 0 Å². The van der Waals surface area contributed by atoms with Crippen LogP contribution in [0.25, 0.3) is 0 Å². The minimum atomic E-state index is -1.35. The highest BCUT2D eigenvalue weighted by molar-refractivity contribution is 5.94. The number of hydrogen-bond donors (Lipinski definition) is 5. The average molecular weight is 254 g/mol. The fourth-order valence-electron chi connectivity index (χ4n) is 1.66. The quantitative estimate of drug-likeness (QED) is 0.384. The number of anilines is 1. The van der Waals surface area contributed by atoms with Crippen LogP contribution in [-0.2, 0) is 10.3 Å². The van der Waals surface area contributed by atoms with Gasteiger partial charge in [0.1, 0.15) is 5.75 Å². The van der Waals surface area contributed by atoms with Gasteiger partial charge in [-0.1, -0.05) is 0 Å². The largest absolute Gasteiger partial charge is 0.508 e. The van der Waals surface area contributed by atoms with E-state index in [4.69, 9.17) is 21.7 Å². The minimum Gasteiger partial charge on any atom is -0.508 e. The first-order chi connectivity index (χ1) is 8.15. The molecule has 0 fully saturated rings. The molecule has 0 aliphatic rings. The first-order valence-electron chi connectivity index (χ1n) is 5.02. The first kappa shape index (κ1) is 13.8. The lowest BCUT2D eigenvalue weighted by atomic mass is 9.88. The van der Waals surface area contributed by atoms with Gasteiger partial charge in [0.15, 0.2) is 0 Å². The molecule has 0 aliphatic carbocycles. The summed E-state index contributed by atoms with van der Waals surface area (Å²) >= 11 is 0. The number of benzene rings is 1. The Kier molecular flexibility index (Phi) is 3.47. The maximum absolute atomic E-state index is 10.8. The van der Waals surface area contributed by atoms with Crippen LogP contribution in [0.1, 0.15) is 29.3 Å². The maximum atomic E-state index is 10.8. The highest BCUT2D eigenvalue weighted by Gasteiger charge is 2.29. The van der Waals surface area contributed by atoms with Gasteiger partial charge in [0, 0.05) is 11.3 Å². The van der Waals surface area contributed by atoms with E-state index >= 15 is 0 Å². The molecular weight excluding hydrogens is 240 g/mol. The van der Waals surface area contributed by atoms with Crippen LogP contribution in [0.4, 0.5) is 5.69 Å². The summed E-state index contributed by atoms with van der Waals surface area (Å²) in [4.78, 5) is 21.5. The molecule has 0 aliphatic heterocycles. The van der Waals surface area contributed by atoms with Crippen molar-refractivity contribution in [3.8, 4) is 5.75 Å². The summed E-state index contributed by atoms with van der Waals surface area (Å²) in [5, 5.41) is 27.3. The summed E-state index contributed by atoms with van der Waals surface area (Å²) < 4.78 is 0. The van der Waals surface area contributed by atoms with Crippen molar-refractivity contribution >= 4 is 17.6 Å². The second kappa shape index (κ2) is 4.53. The number of nitrogen functional groups attached to an aromatic ring is 1. The number of nitrogens with two attached hydrogens (primary N) is 2. The summed E-state index contributed by atoms with van der Waals surface area (Å²) in [6, 6.07) is 2.14. The zero-order chi connectivity index (χ0) is 14.1. The first-order valence-corrected chi connectivity index (χ1v) is 5.02. The molecule has 18 heavy (non-hydrogen) atoms. The predicted octanol–water partition coefficient (Wildman–Crippen LogP) is 0.321. The zero-order valence-corrected chi connectivity index (χ0v) is 9.67. The number of aromatic carboxylic acids is 1. The molecule has 98 valence electrons. The van der Waals surface area contributed by atoms with Gasteiger partial charge in [-0.15, -0.1) is 0 Å². The Labute approximate surface area is 103 Å². The summed E-state index contributed by atoms with van der Waals surface area (Å²) in [6.45, 7) is 1.41. The SMILES string of the molecule is C[C@](N)(CC(=O)O)c1cc(N)c(C(=O)O)cc1O. The van der Waals surface area contributed by atoms with Crippen LogP contribution in [0, 0.1) is 0 Å². The third-order valence-electron chi connectivity index (χ3n) is 2.53. The third kappa shape index (κ3) is 2.69. The van der Waals surface area contributed by atoms with Crippen molar-refractivity contribution in [1.82, 2.24) is 0 Å². The van der Waals surface area contributed by atoms with Gasteiger partial charge in [-0.2, -0.15) is 0 Å². The Morgan fingerprint density at radius 3 is 2.33 bits per heavy atom. The van der Waals surface area contributed by atoms with Crippen LogP contribution in [-0.4, -0.2) is 27.3 Å². The lowest BCUT2D eigenvalue weighted by Crippen LogP contribution is -2.35. The van der Waals surface area contributed by atoms with Crippen molar-refractivity contribution in [2.75, 3.05) is 5.73 Å². The smallest absolute Gasteiger partial charge is 0.337 e. The number of aromatic hydroxyl groups is 1. The van der Waals surface area contributed by atoms with Gasteiger partial charge in [0.05, 0.1) is 17.5 Å². The molecule has 0 heterocycles. The average Bonchev–Trinajstić information content (AvgIpc) is 2.18.